The lowest BCUT2D eigenvalue weighted by Gasteiger charge is -2.20. The number of aromatic hydroxyl groups is 1. The molecule has 4 nitrogen and oxygen atoms in total. The molecular weight excluding hydrogens is 290 g/mol. The van der Waals surface area contributed by atoms with Crippen molar-refractivity contribution in [3.8, 4) is 11.5 Å². The Morgan fingerprint density at radius 1 is 1.14 bits per heavy atom. The van der Waals surface area contributed by atoms with Gasteiger partial charge in [-0.25, -0.2) is 0 Å². The number of benzene rings is 2. The molecule has 0 aliphatic heterocycles. The van der Waals surface area contributed by atoms with Crippen LogP contribution in [-0.2, 0) is 6.42 Å². The van der Waals surface area contributed by atoms with E-state index in [0.29, 0.717) is 17.7 Å². The van der Waals surface area contributed by atoms with Gasteiger partial charge >= 0.3 is 0 Å². The molecule has 0 heterocycles. The molecule has 0 fully saturated rings. The molecule has 2 aromatic carbocycles. The highest BCUT2D eigenvalue weighted by Crippen LogP contribution is 2.29. The number of phenols is 1. The van der Waals surface area contributed by atoms with Crippen molar-refractivity contribution < 1.29 is 14.9 Å². The fraction of sp³-hybridized carbons (Fsp3) is 0.250. The lowest BCUT2D eigenvalue weighted by atomic mass is 9.96. The molecule has 0 unspecified atom stereocenters. The van der Waals surface area contributed by atoms with Gasteiger partial charge in [0.05, 0.1) is 19.3 Å². The average molecular weight is 310 g/mol. The second-order valence-corrected chi connectivity index (χ2v) is 4.71. The SMILES string of the molecule is COc1ccc([C@H](N)[C@H](O)Cc2ccccc2)c(O)c1.Cl. The van der Waals surface area contributed by atoms with Crippen molar-refractivity contribution in [2.75, 3.05) is 7.11 Å². The fourth-order valence-electron chi connectivity index (χ4n) is 2.12. The summed E-state index contributed by atoms with van der Waals surface area (Å²) in [6.45, 7) is 0. The molecule has 0 saturated carbocycles. The first-order valence-corrected chi connectivity index (χ1v) is 6.46. The van der Waals surface area contributed by atoms with Crippen LogP contribution >= 0.6 is 12.4 Å². The Balaban J connectivity index is 0.00000220. The van der Waals surface area contributed by atoms with E-state index in [1.54, 1.807) is 12.1 Å². The summed E-state index contributed by atoms with van der Waals surface area (Å²) in [6, 6.07) is 13.8. The standard InChI is InChI=1S/C16H19NO3.ClH/c1-20-12-7-8-13(14(18)10-12)16(17)15(19)9-11-5-3-2-4-6-11;/h2-8,10,15-16,18-19H,9,17H2,1H3;1H/t15-,16+;/m1./s1. The Morgan fingerprint density at radius 2 is 1.81 bits per heavy atom. The summed E-state index contributed by atoms with van der Waals surface area (Å²) in [5.41, 5.74) is 7.54. The van der Waals surface area contributed by atoms with E-state index in [0.717, 1.165) is 5.56 Å². The first kappa shape index (κ1) is 17.3. The normalized spacial score (nSPS) is 13.1. The predicted molar refractivity (Wildman–Crippen MR) is 85.0 cm³/mol. The van der Waals surface area contributed by atoms with Gasteiger partial charge in [-0.3, -0.25) is 0 Å². The molecule has 0 aromatic heterocycles. The number of methoxy groups -OCH3 is 1. The van der Waals surface area contributed by atoms with Crippen LogP contribution in [0.1, 0.15) is 17.2 Å². The third kappa shape index (κ3) is 4.36. The summed E-state index contributed by atoms with van der Waals surface area (Å²) in [7, 11) is 1.53. The number of aliphatic hydroxyl groups is 1. The summed E-state index contributed by atoms with van der Waals surface area (Å²) in [5, 5.41) is 20.1. The van der Waals surface area contributed by atoms with Gasteiger partial charge < -0.3 is 20.7 Å². The number of hydrogen-bond donors (Lipinski definition) is 3. The van der Waals surface area contributed by atoms with E-state index >= 15 is 0 Å². The maximum atomic E-state index is 10.2. The molecule has 0 aliphatic rings. The van der Waals surface area contributed by atoms with Crippen molar-refractivity contribution >= 4 is 12.4 Å². The number of phenolic OH excluding ortho intramolecular Hbond substituents is 1. The Hall–Kier alpha value is -1.75. The van der Waals surface area contributed by atoms with Crippen molar-refractivity contribution in [2.45, 2.75) is 18.6 Å². The quantitative estimate of drug-likeness (QED) is 0.793. The van der Waals surface area contributed by atoms with Crippen molar-refractivity contribution in [1.82, 2.24) is 0 Å². The van der Waals surface area contributed by atoms with E-state index in [1.807, 2.05) is 30.3 Å². The van der Waals surface area contributed by atoms with Gasteiger partial charge in [-0.15, -0.1) is 12.4 Å². The van der Waals surface area contributed by atoms with Gasteiger partial charge in [0.15, 0.2) is 0 Å². The highest BCUT2D eigenvalue weighted by Gasteiger charge is 2.20. The first-order chi connectivity index (χ1) is 9.61. The minimum atomic E-state index is -0.767. The van der Waals surface area contributed by atoms with E-state index in [2.05, 4.69) is 0 Å². The molecule has 0 radical (unpaired) electrons. The van der Waals surface area contributed by atoms with Crippen LogP contribution in [0, 0.1) is 0 Å². The maximum Gasteiger partial charge on any atom is 0.124 e. The molecule has 114 valence electrons. The third-order valence-electron chi connectivity index (χ3n) is 3.30. The van der Waals surface area contributed by atoms with Crippen LogP contribution in [0.15, 0.2) is 48.5 Å². The zero-order valence-corrected chi connectivity index (χ0v) is 12.6. The minimum absolute atomic E-state index is 0. The molecule has 0 spiro atoms. The highest BCUT2D eigenvalue weighted by atomic mass is 35.5. The number of hydrogen-bond acceptors (Lipinski definition) is 4. The van der Waals surface area contributed by atoms with E-state index < -0.39 is 12.1 Å². The number of halogens is 1. The van der Waals surface area contributed by atoms with E-state index in [9.17, 15) is 10.2 Å². The number of ether oxygens (including phenoxy) is 1. The monoisotopic (exact) mass is 309 g/mol. The van der Waals surface area contributed by atoms with Crippen LogP contribution in [0.5, 0.6) is 11.5 Å². The van der Waals surface area contributed by atoms with Gasteiger partial charge in [0.25, 0.3) is 0 Å². The third-order valence-corrected chi connectivity index (χ3v) is 3.30. The molecular formula is C16H20ClNO3. The molecule has 0 aliphatic carbocycles. The van der Waals surface area contributed by atoms with Gasteiger partial charge in [0.2, 0.25) is 0 Å². The van der Waals surface area contributed by atoms with Gasteiger partial charge in [-0.1, -0.05) is 30.3 Å². The molecule has 0 bridgehead atoms. The molecule has 2 aromatic rings. The smallest absolute Gasteiger partial charge is 0.124 e. The second kappa shape index (κ2) is 7.88. The van der Waals surface area contributed by atoms with Crippen LogP contribution in [0.2, 0.25) is 0 Å². The highest BCUT2D eigenvalue weighted by molar-refractivity contribution is 5.85. The average Bonchev–Trinajstić information content (AvgIpc) is 2.47. The summed E-state index contributed by atoms with van der Waals surface area (Å²) in [4.78, 5) is 0. The van der Waals surface area contributed by atoms with Crippen LogP contribution in [0.25, 0.3) is 0 Å². The van der Waals surface area contributed by atoms with Crippen molar-refractivity contribution in [3.05, 3.63) is 59.7 Å². The van der Waals surface area contributed by atoms with Gasteiger partial charge in [-0.05, 0) is 17.7 Å². The Morgan fingerprint density at radius 3 is 2.38 bits per heavy atom. The van der Waals surface area contributed by atoms with Crippen molar-refractivity contribution in [1.29, 1.82) is 0 Å². The van der Waals surface area contributed by atoms with Crippen molar-refractivity contribution in [3.63, 3.8) is 0 Å². The fourth-order valence-corrected chi connectivity index (χ4v) is 2.12. The predicted octanol–water partition coefficient (Wildman–Crippen LogP) is 2.43. The van der Waals surface area contributed by atoms with E-state index in [-0.39, 0.29) is 18.2 Å². The van der Waals surface area contributed by atoms with Crippen LogP contribution in [-0.4, -0.2) is 23.4 Å². The molecule has 21 heavy (non-hydrogen) atoms. The summed E-state index contributed by atoms with van der Waals surface area (Å²) >= 11 is 0. The number of nitrogens with two attached hydrogens (primary N) is 1. The maximum absolute atomic E-state index is 10.2. The summed E-state index contributed by atoms with van der Waals surface area (Å²) < 4.78 is 5.02. The van der Waals surface area contributed by atoms with E-state index in [4.69, 9.17) is 10.5 Å². The zero-order chi connectivity index (χ0) is 14.5. The Kier molecular flexibility index (Phi) is 6.49. The first-order valence-electron chi connectivity index (χ1n) is 6.46. The number of aliphatic hydroxyl groups excluding tert-OH is 1. The molecule has 2 atom stereocenters. The second-order valence-electron chi connectivity index (χ2n) is 4.71. The van der Waals surface area contributed by atoms with Gasteiger partial charge in [0, 0.05) is 18.1 Å². The molecule has 0 amide bonds. The molecule has 5 heteroatoms. The molecule has 4 N–H and O–H groups in total. The van der Waals surface area contributed by atoms with E-state index in [1.165, 1.54) is 13.2 Å². The Bertz CT molecular complexity index is 563. The van der Waals surface area contributed by atoms with Crippen molar-refractivity contribution in [2.24, 2.45) is 5.73 Å². The van der Waals surface area contributed by atoms with Gasteiger partial charge in [-0.2, -0.15) is 0 Å². The topological polar surface area (TPSA) is 75.7 Å². The largest absolute Gasteiger partial charge is 0.507 e. The Labute approximate surface area is 130 Å². The van der Waals surface area contributed by atoms with Crippen LogP contribution in [0.4, 0.5) is 0 Å². The molecule has 2 rings (SSSR count). The summed E-state index contributed by atoms with van der Waals surface area (Å²) in [5.74, 6) is 0.583. The number of rotatable bonds is 5. The lowest BCUT2D eigenvalue weighted by molar-refractivity contribution is 0.143. The van der Waals surface area contributed by atoms with Crippen LogP contribution in [0.3, 0.4) is 0 Å². The zero-order valence-electron chi connectivity index (χ0n) is 11.8. The van der Waals surface area contributed by atoms with Crippen LogP contribution < -0.4 is 10.5 Å². The van der Waals surface area contributed by atoms with Gasteiger partial charge in [0.1, 0.15) is 11.5 Å². The lowest BCUT2D eigenvalue weighted by Crippen LogP contribution is -2.28. The minimum Gasteiger partial charge on any atom is -0.507 e. The summed E-state index contributed by atoms with van der Waals surface area (Å²) in [6.07, 6.45) is -0.329. The molecule has 0 saturated heterocycles.